The molecule has 0 aromatic heterocycles. The van der Waals surface area contributed by atoms with Gasteiger partial charge in [-0.1, -0.05) is 19.3 Å². The van der Waals surface area contributed by atoms with Gasteiger partial charge in [-0.2, -0.15) is 11.8 Å². The maximum Gasteiger partial charge on any atom is 0.282 e. The van der Waals surface area contributed by atoms with Gasteiger partial charge in [0.25, 0.3) is 5.69 Å². The molecule has 20 heavy (non-hydrogen) atoms. The summed E-state index contributed by atoms with van der Waals surface area (Å²) in [7, 11) is 0. The van der Waals surface area contributed by atoms with E-state index in [0.29, 0.717) is 8.32 Å². The smallest absolute Gasteiger partial charge is 0.282 e. The van der Waals surface area contributed by atoms with Gasteiger partial charge in [0, 0.05) is 23.0 Å². The van der Waals surface area contributed by atoms with Crippen molar-refractivity contribution in [1.29, 1.82) is 0 Å². The number of nitrogens with one attached hydrogen (secondary N) is 1. The number of nitro groups is 1. The molecule has 1 saturated carbocycles. The zero-order valence-electron chi connectivity index (χ0n) is 11.5. The lowest BCUT2D eigenvalue weighted by atomic mass is 9.88. The van der Waals surface area contributed by atoms with Crippen molar-refractivity contribution < 1.29 is 4.92 Å². The first-order valence-electron chi connectivity index (χ1n) is 6.79. The Morgan fingerprint density at radius 3 is 2.65 bits per heavy atom. The molecule has 6 heteroatoms. The Balaban J connectivity index is 2.03. The van der Waals surface area contributed by atoms with E-state index in [1.165, 1.54) is 32.1 Å². The molecule has 0 radical (unpaired) electrons. The molecule has 1 N–H and O–H groups in total. The summed E-state index contributed by atoms with van der Waals surface area (Å²) in [6, 6.07) is 5.24. The molecule has 0 bridgehead atoms. The monoisotopic (exact) mass is 406 g/mol. The van der Waals surface area contributed by atoms with Crippen molar-refractivity contribution in [3.05, 3.63) is 31.9 Å². The van der Waals surface area contributed by atoms with Gasteiger partial charge in [0.05, 0.1) is 8.49 Å². The van der Waals surface area contributed by atoms with Crippen molar-refractivity contribution >= 4 is 45.7 Å². The quantitative estimate of drug-likeness (QED) is 0.439. The van der Waals surface area contributed by atoms with Crippen LogP contribution >= 0.6 is 34.4 Å². The highest BCUT2D eigenvalue weighted by molar-refractivity contribution is 14.1. The summed E-state index contributed by atoms with van der Waals surface area (Å²) < 4.78 is 1.00. The van der Waals surface area contributed by atoms with Crippen LogP contribution in [0, 0.1) is 13.7 Å². The summed E-state index contributed by atoms with van der Waals surface area (Å²) in [6.45, 7) is 0.933. The van der Waals surface area contributed by atoms with Gasteiger partial charge in [-0.25, -0.2) is 0 Å². The largest absolute Gasteiger partial charge is 0.384 e. The fourth-order valence-corrected chi connectivity index (χ4v) is 4.30. The molecule has 0 atom stereocenters. The van der Waals surface area contributed by atoms with Crippen LogP contribution in [0.15, 0.2) is 18.2 Å². The minimum Gasteiger partial charge on any atom is -0.384 e. The lowest BCUT2D eigenvalue weighted by Gasteiger charge is -2.36. The van der Waals surface area contributed by atoms with Gasteiger partial charge in [-0.15, -0.1) is 0 Å². The summed E-state index contributed by atoms with van der Waals surface area (Å²) in [5.41, 5.74) is 1.15. The van der Waals surface area contributed by atoms with Crippen LogP contribution in [0.25, 0.3) is 0 Å². The molecule has 0 aliphatic heterocycles. The predicted molar refractivity (Wildman–Crippen MR) is 93.6 cm³/mol. The van der Waals surface area contributed by atoms with Gasteiger partial charge in [-0.3, -0.25) is 10.1 Å². The highest BCUT2D eigenvalue weighted by Crippen LogP contribution is 2.38. The molecule has 0 heterocycles. The third-order valence-electron chi connectivity index (χ3n) is 3.96. The van der Waals surface area contributed by atoms with Gasteiger partial charge in [0.1, 0.15) is 0 Å². The highest BCUT2D eigenvalue weighted by Gasteiger charge is 2.30. The summed E-state index contributed by atoms with van der Waals surface area (Å²) >= 11 is 3.97. The van der Waals surface area contributed by atoms with E-state index in [0.717, 1.165) is 12.2 Å². The lowest BCUT2D eigenvalue weighted by molar-refractivity contribution is -0.385. The first-order valence-corrected chi connectivity index (χ1v) is 9.10. The SMILES string of the molecule is CSC1(CNc2ccc([N+](=O)[O-])c(I)c2)CCCCC1. The van der Waals surface area contributed by atoms with E-state index >= 15 is 0 Å². The van der Waals surface area contributed by atoms with E-state index in [9.17, 15) is 10.1 Å². The summed E-state index contributed by atoms with van der Waals surface area (Å²) in [5.74, 6) is 0. The molecule has 1 aliphatic rings. The van der Waals surface area contributed by atoms with Crippen LogP contribution in [-0.2, 0) is 0 Å². The van der Waals surface area contributed by atoms with Crippen LogP contribution < -0.4 is 5.32 Å². The number of hydrogen-bond acceptors (Lipinski definition) is 4. The Morgan fingerprint density at radius 1 is 1.40 bits per heavy atom. The third kappa shape index (κ3) is 3.78. The molecule has 1 fully saturated rings. The van der Waals surface area contributed by atoms with Gasteiger partial charge >= 0.3 is 0 Å². The molecule has 1 aromatic rings. The first-order chi connectivity index (χ1) is 9.56. The van der Waals surface area contributed by atoms with Crippen molar-refractivity contribution in [3.63, 3.8) is 0 Å². The normalized spacial score (nSPS) is 17.7. The van der Waals surface area contributed by atoms with Crippen LogP contribution in [0.2, 0.25) is 0 Å². The van der Waals surface area contributed by atoms with Crippen LogP contribution in [0.1, 0.15) is 32.1 Å². The second-order valence-electron chi connectivity index (χ2n) is 5.22. The Hall–Kier alpha value is -0.500. The van der Waals surface area contributed by atoms with E-state index in [2.05, 4.69) is 11.6 Å². The van der Waals surface area contributed by atoms with E-state index < -0.39 is 0 Å². The van der Waals surface area contributed by atoms with E-state index in [1.54, 1.807) is 12.1 Å². The summed E-state index contributed by atoms with van der Waals surface area (Å²) in [4.78, 5) is 10.5. The van der Waals surface area contributed by atoms with Crippen LogP contribution in [0.4, 0.5) is 11.4 Å². The molecule has 0 spiro atoms. The second kappa shape index (κ2) is 6.98. The molecular weight excluding hydrogens is 387 g/mol. The lowest BCUT2D eigenvalue weighted by Crippen LogP contribution is -2.35. The second-order valence-corrected chi connectivity index (χ2v) is 7.66. The first kappa shape index (κ1) is 15.9. The summed E-state index contributed by atoms with van der Waals surface area (Å²) in [5, 5.41) is 14.3. The average molecular weight is 406 g/mol. The van der Waals surface area contributed by atoms with Crippen LogP contribution in [-0.4, -0.2) is 22.5 Å². The molecule has 1 aliphatic carbocycles. The number of thioether (sulfide) groups is 1. The number of nitro benzene ring substituents is 1. The molecule has 110 valence electrons. The maximum absolute atomic E-state index is 10.8. The molecule has 0 amide bonds. The van der Waals surface area contributed by atoms with Crippen molar-refractivity contribution in [3.8, 4) is 0 Å². The number of rotatable bonds is 5. The third-order valence-corrected chi connectivity index (χ3v) is 6.24. The minimum atomic E-state index is -0.337. The Morgan fingerprint density at radius 2 is 2.10 bits per heavy atom. The van der Waals surface area contributed by atoms with Crippen molar-refractivity contribution in [1.82, 2.24) is 0 Å². The molecule has 0 unspecified atom stereocenters. The average Bonchev–Trinajstić information content (AvgIpc) is 2.46. The molecular formula is C14H19IN2O2S. The van der Waals surface area contributed by atoms with Crippen molar-refractivity contribution in [2.24, 2.45) is 0 Å². The fourth-order valence-electron chi connectivity index (χ4n) is 2.68. The topological polar surface area (TPSA) is 55.2 Å². The molecule has 1 aromatic carbocycles. The number of benzene rings is 1. The maximum atomic E-state index is 10.8. The van der Waals surface area contributed by atoms with E-state index in [1.807, 2.05) is 40.4 Å². The number of nitrogens with zero attached hydrogens (tertiary/aromatic N) is 1. The predicted octanol–water partition coefficient (Wildman–Crippen LogP) is 4.68. The van der Waals surface area contributed by atoms with Gasteiger partial charge < -0.3 is 5.32 Å². The number of hydrogen-bond donors (Lipinski definition) is 1. The number of anilines is 1. The van der Waals surface area contributed by atoms with Crippen molar-refractivity contribution in [2.75, 3.05) is 18.1 Å². The van der Waals surface area contributed by atoms with Gasteiger partial charge in [0.15, 0.2) is 0 Å². The Labute approximate surface area is 137 Å². The molecule has 4 nitrogen and oxygen atoms in total. The number of halogens is 1. The van der Waals surface area contributed by atoms with Crippen molar-refractivity contribution in [2.45, 2.75) is 36.9 Å². The highest BCUT2D eigenvalue weighted by atomic mass is 127. The van der Waals surface area contributed by atoms with Gasteiger partial charge in [0.2, 0.25) is 0 Å². The Kier molecular flexibility index (Phi) is 5.54. The summed E-state index contributed by atoms with van der Waals surface area (Å²) in [6.07, 6.45) is 8.65. The zero-order chi connectivity index (χ0) is 14.6. The van der Waals surface area contributed by atoms with E-state index in [-0.39, 0.29) is 10.6 Å². The zero-order valence-corrected chi connectivity index (χ0v) is 14.5. The minimum absolute atomic E-state index is 0.174. The van der Waals surface area contributed by atoms with Crippen LogP contribution in [0.5, 0.6) is 0 Å². The fraction of sp³-hybridized carbons (Fsp3) is 0.571. The van der Waals surface area contributed by atoms with Crippen LogP contribution in [0.3, 0.4) is 0 Å². The molecule has 0 saturated heterocycles. The van der Waals surface area contributed by atoms with Gasteiger partial charge in [-0.05, 0) is 53.8 Å². The Bertz CT molecular complexity index is 490. The standard InChI is InChI=1S/C14H19IN2O2S/c1-20-14(7-3-2-4-8-14)10-16-11-5-6-13(17(18)19)12(15)9-11/h5-6,9,16H,2-4,7-8,10H2,1H3. The molecule has 2 rings (SSSR count). The van der Waals surface area contributed by atoms with E-state index in [4.69, 9.17) is 0 Å².